The van der Waals surface area contributed by atoms with Crippen LogP contribution in [0.1, 0.15) is 32.5 Å². The monoisotopic (exact) mass is 270 g/mol. The molecule has 0 saturated heterocycles. The summed E-state index contributed by atoms with van der Waals surface area (Å²) in [5.74, 6) is -0.785. The Kier molecular flexibility index (Phi) is 4.47. The van der Waals surface area contributed by atoms with E-state index in [0.29, 0.717) is 6.54 Å². The van der Waals surface area contributed by atoms with E-state index in [9.17, 15) is 14.9 Å². The topological polar surface area (TPSA) is 102 Å². The van der Waals surface area contributed by atoms with Gasteiger partial charge in [-0.25, -0.2) is 4.68 Å². The molecule has 0 amide bonds. The first kappa shape index (κ1) is 14.9. The SMILES string of the molecule is CCN(CC(=O)O)c1c([N+](=O)[O-])c(C)nn1C(C)C. The second-order valence-corrected chi connectivity index (χ2v) is 4.46. The fourth-order valence-electron chi connectivity index (χ4n) is 1.89. The molecule has 0 bridgehead atoms. The van der Waals surface area contributed by atoms with Gasteiger partial charge in [-0.1, -0.05) is 0 Å². The van der Waals surface area contributed by atoms with E-state index < -0.39 is 10.9 Å². The van der Waals surface area contributed by atoms with Crippen LogP contribution in [0.4, 0.5) is 11.5 Å². The highest BCUT2D eigenvalue weighted by Crippen LogP contribution is 2.33. The van der Waals surface area contributed by atoms with Crippen LogP contribution in [0.2, 0.25) is 0 Å². The minimum atomic E-state index is -1.04. The van der Waals surface area contributed by atoms with E-state index in [4.69, 9.17) is 5.11 Å². The lowest BCUT2D eigenvalue weighted by atomic mass is 10.3. The molecule has 0 atom stereocenters. The summed E-state index contributed by atoms with van der Waals surface area (Å²) in [6.45, 7) is 7.04. The molecule has 0 fully saturated rings. The van der Waals surface area contributed by atoms with Gasteiger partial charge in [0.1, 0.15) is 12.2 Å². The van der Waals surface area contributed by atoms with Crippen molar-refractivity contribution in [1.82, 2.24) is 9.78 Å². The lowest BCUT2D eigenvalue weighted by molar-refractivity contribution is -0.384. The molecule has 1 rings (SSSR count). The van der Waals surface area contributed by atoms with Gasteiger partial charge in [0.15, 0.2) is 0 Å². The van der Waals surface area contributed by atoms with Crippen molar-refractivity contribution in [3.63, 3.8) is 0 Å². The van der Waals surface area contributed by atoms with Gasteiger partial charge in [0.05, 0.1) is 4.92 Å². The molecule has 1 aromatic rings. The lowest BCUT2D eigenvalue weighted by Gasteiger charge is -2.22. The summed E-state index contributed by atoms with van der Waals surface area (Å²) in [7, 11) is 0. The molecular formula is C11H18N4O4. The van der Waals surface area contributed by atoms with Crippen molar-refractivity contribution >= 4 is 17.5 Å². The van der Waals surface area contributed by atoms with Crippen LogP contribution < -0.4 is 4.90 Å². The van der Waals surface area contributed by atoms with Crippen molar-refractivity contribution in [2.45, 2.75) is 33.7 Å². The Bertz CT molecular complexity index is 495. The van der Waals surface area contributed by atoms with Gasteiger partial charge in [0.25, 0.3) is 0 Å². The van der Waals surface area contributed by atoms with Crippen LogP contribution >= 0.6 is 0 Å². The smallest absolute Gasteiger partial charge is 0.333 e. The van der Waals surface area contributed by atoms with Crippen LogP contribution in [0, 0.1) is 17.0 Å². The summed E-state index contributed by atoms with van der Waals surface area (Å²) in [4.78, 5) is 23.0. The quantitative estimate of drug-likeness (QED) is 0.622. The Hall–Kier alpha value is -2.12. The van der Waals surface area contributed by atoms with E-state index in [1.165, 1.54) is 9.58 Å². The van der Waals surface area contributed by atoms with E-state index in [2.05, 4.69) is 5.10 Å². The molecular weight excluding hydrogens is 252 g/mol. The Morgan fingerprint density at radius 2 is 2.16 bits per heavy atom. The number of hydrogen-bond acceptors (Lipinski definition) is 5. The van der Waals surface area contributed by atoms with Crippen molar-refractivity contribution in [3.05, 3.63) is 15.8 Å². The normalized spacial score (nSPS) is 10.8. The number of carboxylic acids is 1. The molecule has 0 radical (unpaired) electrons. The molecule has 0 unspecified atom stereocenters. The van der Waals surface area contributed by atoms with Gasteiger partial charge in [-0.15, -0.1) is 0 Å². The van der Waals surface area contributed by atoms with Crippen molar-refractivity contribution in [1.29, 1.82) is 0 Å². The predicted octanol–water partition coefficient (Wildman–Crippen LogP) is 1.59. The number of nitro groups is 1. The van der Waals surface area contributed by atoms with Crippen molar-refractivity contribution < 1.29 is 14.8 Å². The molecule has 19 heavy (non-hydrogen) atoms. The first-order valence-electron chi connectivity index (χ1n) is 5.99. The molecule has 0 saturated carbocycles. The third kappa shape index (κ3) is 3.01. The van der Waals surface area contributed by atoms with Gasteiger partial charge in [0.2, 0.25) is 5.82 Å². The molecule has 8 nitrogen and oxygen atoms in total. The summed E-state index contributed by atoms with van der Waals surface area (Å²) in [6.07, 6.45) is 0. The summed E-state index contributed by atoms with van der Waals surface area (Å²) in [5, 5.41) is 24.2. The van der Waals surface area contributed by atoms with E-state index >= 15 is 0 Å². The molecule has 1 N–H and O–H groups in total. The van der Waals surface area contributed by atoms with Crippen LogP contribution in [-0.2, 0) is 4.79 Å². The summed E-state index contributed by atoms with van der Waals surface area (Å²) in [5.41, 5.74) is 0.161. The number of rotatable bonds is 6. The first-order valence-corrected chi connectivity index (χ1v) is 5.99. The first-order chi connectivity index (χ1) is 8.79. The van der Waals surface area contributed by atoms with Gasteiger partial charge < -0.3 is 10.0 Å². The number of carbonyl (C=O) groups is 1. The van der Waals surface area contributed by atoms with Gasteiger partial charge in [0, 0.05) is 12.6 Å². The molecule has 0 aliphatic heterocycles. The fraction of sp³-hybridized carbons (Fsp3) is 0.636. The van der Waals surface area contributed by atoms with E-state index in [1.54, 1.807) is 13.8 Å². The number of carboxylic acid groups (broad SMARTS) is 1. The molecule has 1 aromatic heterocycles. The standard InChI is InChI=1S/C11H18N4O4/c1-5-13(6-9(16)17)11-10(15(18)19)8(4)12-14(11)7(2)3/h7H,5-6H2,1-4H3,(H,16,17). The van der Waals surface area contributed by atoms with Crippen LogP contribution in [0.25, 0.3) is 0 Å². The second kappa shape index (κ2) is 5.68. The number of anilines is 1. The van der Waals surface area contributed by atoms with E-state index in [0.717, 1.165) is 0 Å². The average Bonchev–Trinajstić information content (AvgIpc) is 2.63. The minimum absolute atomic E-state index is 0.0924. The molecule has 0 aliphatic carbocycles. The number of hydrogen-bond donors (Lipinski definition) is 1. The van der Waals surface area contributed by atoms with Gasteiger partial charge in [-0.3, -0.25) is 14.9 Å². The molecule has 0 aliphatic rings. The maximum absolute atomic E-state index is 11.2. The number of nitrogens with zero attached hydrogens (tertiary/aromatic N) is 4. The van der Waals surface area contributed by atoms with Crippen LogP contribution in [0.3, 0.4) is 0 Å². The zero-order chi connectivity index (χ0) is 14.7. The number of aromatic nitrogens is 2. The molecule has 1 heterocycles. The zero-order valence-corrected chi connectivity index (χ0v) is 11.5. The highest BCUT2D eigenvalue weighted by molar-refractivity contribution is 5.75. The Balaban J connectivity index is 3.43. The molecule has 0 spiro atoms. The summed E-state index contributed by atoms with van der Waals surface area (Å²) >= 11 is 0. The summed E-state index contributed by atoms with van der Waals surface area (Å²) in [6, 6.07) is -0.0924. The Morgan fingerprint density at radius 3 is 2.53 bits per heavy atom. The molecule has 106 valence electrons. The Labute approximate surface area is 110 Å². The zero-order valence-electron chi connectivity index (χ0n) is 11.5. The molecule has 0 aromatic carbocycles. The fourth-order valence-corrected chi connectivity index (χ4v) is 1.89. The second-order valence-electron chi connectivity index (χ2n) is 4.46. The highest BCUT2D eigenvalue weighted by Gasteiger charge is 2.30. The van der Waals surface area contributed by atoms with E-state index in [1.807, 2.05) is 13.8 Å². The van der Waals surface area contributed by atoms with Crippen LogP contribution in [0.5, 0.6) is 0 Å². The number of likely N-dealkylation sites (N-methyl/N-ethyl adjacent to an activating group) is 1. The lowest BCUT2D eigenvalue weighted by Crippen LogP contribution is -2.32. The maximum Gasteiger partial charge on any atom is 0.333 e. The van der Waals surface area contributed by atoms with Crippen molar-refractivity contribution in [3.8, 4) is 0 Å². The van der Waals surface area contributed by atoms with Gasteiger partial charge in [-0.2, -0.15) is 5.10 Å². The largest absolute Gasteiger partial charge is 0.480 e. The summed E-state index contributed by atoms with van der Waals surface area (Å²) < 4.78 is 1.50. The van der Waals surface area contributed by atoms with Crippen molar-refractivity contribution in [2.75, 3.05) is 18.0 Å². The van der Waals surface area contributed by atoms with E-state index in [-0.39, 0.29) is 29.8 Å². The van der Waals surface area contributed by atoms with Gasteiger partial charge in [-0.05, 0) is 27.7 Å². The maximum atomic E-state index is 11.2. The number of aryl methyl sites for hydroxylation is 1. The number of aliphatic carboxylic acids is 1. The third-order valence-corrected chi connectivity index (χ3v) is 2.71. The van der Waals surface area contributed by atoms with Crippen LogP contribution in [-0.4, -0.2) is 38.9 Å². The molecule has 8 heteroatoms. The van der Waals surface area contributed by atoms with Crippen molar-refractivity contribution in [2.24, 2.45) is 0 Å². The Morgan fingerprint density at radius 1 is 1.58 bits per heavy atom. The minimum Gasteiger partial charge on any atom is -0.480 e. The third-order valence-electron chi connectivity index (χ3n) is 2.71. The highest BCUT2D eigenvalue weighted by atomic mass is 16.6. The van der Waals surface area contributed by atoms with Gasteiger partial charge >= 0.3 is 11.7 Å². The predicted molar refractivity (Wildman–Crippen MR) is 69.5 cm³/mol. The van der Waals surface area contributed by atoms with Crippen LogP contribution in [0.15, 0.2) is 0 Å². The average molecular weight is 270 g/mol.